The molecule has 0 atom stereocenters. The Bertz CT molecular complexity index is 825. The molecule has 0 spiro atoms. The van der Waals surface area contributed by atoms with Crippen LogP contribution in [0.25, 0.3) is 10.6 Å². The lowest BCUT2D eigenvalue weighted by Gasteiger charge is -2.05. The maximum Gasteiger partial charge on any atom is 0.275 e. The number of nitrogens with one attached hydrogen (secondary N) is 1. The Morgan fingerprint density at radius 3 is 2.70 bits per heavy atom. The molecule has 1 amide bonds. The SMILES string of the molecule is COc1cccc(NC(=O)c2csc(-c3ccc(C)cc3)n2)c1. The summed E-state index contributed by atoms with van der Waals surface area (Å²) in [6, 6.07) is 15.3. The molecule has 1 heterocycles. The van der Waals surface area contributed by atoms with E-state index in [2.05, 4.69) is 10.3 Å². The quantitative estimate of drug-likeness (QED) is 0.775. The minimum Gasteiger partial charge on any atom is -0.497 e. The average Bonchev–Trinajstić information content (AvgIpc) is 3.06. The summed E-state index contributed by atoms with van der Waals surface area (Å²) in [7, 11) is 1.59. The fourth-order valence-electron chi connectivity index (χ4n) is 2.10. The number of anilines is 1. The molecule has 23 heavy (non-hydrogen) atoms. The zero-order valence-corrected chi connectivity index (χ0v) is 13.7. The van der Waals surface area contributed by atoms with Crippen molar-refractivity contribution in [2.45, 2.75) is 6.92 Å². The van der Waals surface area contributed by atoms with E-state index in [1.165, 1.54) is 16.9 Å². The van der Waals surface area contributed by atoms with Crippen LogP contribution in [0.1, 0.15) is 16.1 Å². The fourth-order valence-corrected chi connectivity index (χ4v) is 2.91. The first kappa shape index (κ1) is 15.2. The average molecular weight is 324 g/mol. The van der Waals surface area contributed by atoms with Gasteiger partial charge in [-0.25, -0.2) is 4.98 Å². The molecule has 4 nitrogen and oxygen atoms in total. The molecule has 0 aliphatic carbocycles. The van der Waals surface area contributed by atoms with E-state index in [4.69, 9.17) is 4.74 Å². The Hall–Kier alpha value is -2.66. The van der Waals surface area contributed by atoms with Gasteiger partial charge in [0.15, 0.2) is 0 Å². The molecule has 0 saturated carbocycles. The Kier molecular flexibility index (Phi) is 4.39. The standard InChI is InChI=1S/C18H16N2O2S/c1-12-6-8-13(9-7-12)18-20-16(11-23-18)17(21)19-14-4-3-5-15(10-14)22-2/h3-11H,1-2H3,(H,19,21). The molecule has 116 valence electrons. The summed E-state index contributed by atoms with van der Waals surface area (Å²) in [6.07, 6.45) is 0. The number of aromatic nitrogens is 1. The molecule has 3 aromatic rings. The third-order valence-electron chi connectivity index (χ3n) is 3.36. The van der Waals surface area contributed by atoms with Gasteiger partial charge in [0.25, 0.3) is 5.91 Å². The van der Waals surface area contributed by atoms with Crippen molar-refractivity contribution in [1.82, 2.24) is 4.98 Å². The second kappa shape index (κ2) is 6.62. The second-order valence-electron chi connectivity index (χ2n) is 5.09. The number of nitrogens with zero attached hydrogens (tertiary/aromatic N) is 1. The lowest BCUT2D eigenvalue weighted by Crippen LogP contribution is -2.12. The lowest BCUT2D eigenvalue weighted by molar-refractivity contribution is 0.102. The number of hydrogen-bond donors (Lipinski definition) is 1. The van der Waals surface area contributed by atoms with Crippen LogP contribution >= 0.6 is 11.3 Å². The number of benzene rings is 2. The first-order valence-electron chi connectivity index (χ1n) is 7.13. The van der Waals surface area contributed by atoms with Crippen molar-refractivity contribution in [3.63, 3.8) is 0 Å². The molecule has 0 radical (unpaired) electrons. The first-order valence-corrected chi connectivity index (χ1v) is 8.01. The summed E-state index contributed by atoms with van der Waals surface area (Å²) in [5, 5.41) is 5.43. The highest BCUT2D eigenvalue weighted by molar-refractivity contribution is 7.13. The van der Waals surface area contributed by atoms with Gasteiger partial charge < -0.3 is 10.1 Å². The zero-order valence-electron chi connectivity index (χ0n) is 12.9. The van der Waals surface area contributed by atoms with Crippen molar-refractivity contribution in [1.29, 1.82) is 0 Å². The van der Waals surface area contributed by atoms with E-state index in [0.717, 1.165) is 10.6 Å². The molecular formula is C18H16N2O2S. The van der Waals surface area contributed by atoms with Crippen molar-refractivity contribution >= 4 is 22.9 Å². The Morgan fingerprint density at radius 2 is 1.96 bits per heavy atom. The topological polar surface area (TPSA) is 51.2 Å². The van der Waals surface area contributed by atoms with Crippen LogP contribution in [0.2, 0.25) is 0 Å². The van der Waals surface area contributed by atoms with E-state index in [1.54, 1.807) is 18.6 Å². The van der Waals surface area contributed by atoms with E-state index in [9.17, 15) is 4.79 Å². The van der Waals surface area contributed by atoms with Crippen LogP contribution in [0.5, 0.6) is 5.75 Å². The first-order chi connectivity index (χ1) is 11.2. The zero-order chi connectivity index (χ0) is 16.2. The van der Waals surface area contributed by atoms with Crippen LogP contribution in [-0.2, 0) is 0 Å². The van der Waals surface area contributed by atoms with Gasteiger partial charge in [-0.2, -0.15) is 0 Å². The predicted octanol–water partition coefficient (Wildman–Crippen LogP) is 4.38. The fraction of sp³-hybridized carbons (Fsp3) is 0.111. The number of amides is 1. The number of ether oxygens (including phenoxy) is 1. The summed E-state index contributed by atoms with van der Waals surface area (Å²) in [6.45, 7) is 2.04. The number of carbonyl (C=O) groups excluding carboxylic acids is 1. The van der Waals surface area contributed by atoms with E-state index >= 15 is 0 Å². The highest BCUT2D eigenvalue weighted by atomic mass is 32.1. The normalized spacial score (nSPS) is 10.3. The monoisotopic (exact) mass is 324 g/mol. The van der Waals surface area contributed by atoms with Gasteiger partial charge in [0.1, 0.15) is 16.5 Å². The van der Waals surface area contributed by atoms with Crippen LogP contribution in [0.3, 0.4) is 0 Å². The minimum atomic E-state index is -0.229. The lowest BCUT2D eigenvalue weighted by atomic mass is 10.2. The van der Waals surface area contributed by atoms with Gasteiger partial charge in [-0.05, 0) is 19.1 Å². The maximum atomic E-state index is 12.3. The molecule has 0 aliphatic rings. The van der Waals surface area contributed by atoms with Gasteiger partial charge in [-0.3, -0.25) is 4.79 Å². The predicted molar refractivity (Wildman–Crippen MR) is 93.2 cm³/mol. The number of aryl methyl sites for hydroxylation is 1. The van der Waals surface area contributed by atoms with E-state index in [0.29, 0.717) is 17.1 Å². The number of hydrogen-bond acceptors (Lipinski definition) is 4. The molecule has 5 heteroatoms. The van der Waals surface area contributed by atoms with E-state index < -0.39 is 0 Å². The highest BCUT2D eigenvalue weighted by Gasteiger charge is 2.12. The number of rotatable bonds is 4. The third-order valence-corrected chi connectivity index (χ3v) is 4.25. The molecule has 0 saturated heterocycles. The van der Waals surface area contributed by atoms with Crippen LogP contribution in [0, 0.1) is 6.92 Å². The molecule has 1 aromatic heterocycles. The number of carbonyl (C=O) groups is 1. The van der Waals surface area contributed by atoms with Crippen molar-refractivity contribution in [3.05, 3.63) is 65.2 Å². The van der Waals surface area contributed by atoms with Gasteiger partial charge in [0.2, 0.25) is 0 Å². The minimum absolute atomic E-state index is 0.229. The summed E-state index contributed by atoms with van der Waals surface area (Å²) in [5.41, 5.74) is 3.30. The molecule has 2 aromatic carbocycles. The molecule has 0 fully saturated rings. The third kappa shape index (κ3) is 3.57. The summed E-state index contributed by atoms with van der Waals surface area (Å²) in [5.74, 6) is 0.467. The van der Waals surface area contributed by atoms with Crippen molar-refractivity contribution in [2.75, 3.05) is 12.4 Å². The van der Waals surface area contributed by atoms with Crippen LogP contribution in [0.15, 0.2) is 53.9 Å². The van der Waals surface area contributed by atoms with Crippen molar-refractivity contribution < 1.29 is 9.53 Å². The maximum absolute atomic E-state index is 12.3. The number of methoxy groups -OCH3 is 1. The van der Waals surface area contributed by atoms with Crippen LogP contribution in [-0.4, -0.2) is 18.0 Å². The van der Waals surface area contributed by atoms with Crippen LogP contribution in [0.4, 0.5) is 5.69 Å². The molecule has 3 rings (SSSR count). The molecule has 0 aliphatic heterocycles. The van der Waals surface area contributed by atoms with Gasteiger partial charge in [0, 0.05) is 22.7 Å². The molecular weight excluding hydrogens is 308 g/mol. The Balaban J connectivity index is 1.76. The van der Waals surface area contributed by atoms with Crippen LogP contribution < -0.4 is 10.1 Å². The smallest absolute Gasteiger partial charge is 0.275 e. The number of thiazole rings is 1. The molecule has 0 unspecified atom stereocenters. The van der Waals surface area contributed by atoms with Crippen molar-refractivity contribution in [3.8, 4) is 16.3 Å². The summed E-state index contributed by atoms with van der Waals surface area (Å²) < 4.78 is 5.15. The molecule has 0 bridgehead atoms. The van der Waals surface area contributed by atoms with E-state index in [1.807, 2.05) is 49.4 Å². The Morgan fingerprint density at radius 1 is 1.17 bits per heavy atom. The largest absolute Gasteiger partial charge is 0.497 e. The molecule has 1 N–H and O–H groups in total. The van der Waals surface area contributed by atoms with Gasteiger partial charge in [-0.15, -0.1) is 11.3 Å². The van der Waals surface area contributed by atoms with Gasteiger partial charge in [0.05, 0.1) is 7.11 Å². The van der Waals surface area contributed by atoms with E-state index in [-0.39, 0.29) is 5.91 Å². The summed E-state index contributed by atoms with van der Waals surface area (Å²) >= 11 is 1.46. The highest BCUT2D eigenvalue weighted by Crippen LogP contribution is 2.25. The van der Waals surface area contributed by atoms with Crippen molar-refractivity contribution in [2.24, 2.45) is 0 Å². The Labute approximate surface area is 138 Å². The second-order valence-corrected chi connectivity index (χ2v) is 5.95. The van der Waals surface area contributed by atoms with Gasteiger partial charge >= 0.3 is 0 Å². The van der Waals surface area contributed by atoms with Gasteiger partial charge in [-0.1, -0.05) is 35.9 Å². The summed E-state index contributed by atoms with van der Waals surface area (Å²) in [4.78, 5) is 16.7.